The standard InChI is InChI=1S/C21H24N2O3S2/c1-3-25-17-10-9-15(13-18(17)26-4-2)11-12-22-20(24)14-27-21-23-16-7-5-6-8-19(16)28-21/h5-10,13H,3-4,11-12,14H2,1-2H3,(H,22,24). The summed E-state index contributed by atoms with van der Waals surface area (Å²) in [4.78, 5) is 16.7. The number of thiazole rings is 1. The van der Waals surface area contributed by atoms with Crippen molar-refractivity contribution in [3.05, 3.63) is 48.0 Å². The van der Waals surface area contributed by atoms with Gasteiger partial charge in [-0.1, -0.05) is 30.0 Å². The van der Waals surface area contributed by atoms with Crippen LogP contribution in [0.4, 0.5) is 0 Å². The second-order valence-electron chi connectivity index (χ2n) is 5.98. The minimum Gasteiger partial charge on any atom is -0.490 e. The van der Waals surface area contributed by atoms with Crippen molar-refractivity contribution < 1.29 is 14.3 Å². The Balaban J connectivity index is 1.46. The fourth-order valence-corrected chi connectivity index (χ4v) is 4.59. The molecular weight excluding hydrogens is 392 g/mol. The van der Waals surface area contributed by atoms with Gasteiger partial charge < -0.3 is 14.8 Å². The molecule has 1 N–H and O–H groups in total. The molecule has 1 aromatic heterocycles. The zero-order valence-corrected chi connectivity index (χ0v) is 17.7. The third kappa shape index (κ3) is 5.62. The lowest BCUT2D eigenvalue weighted by atomic mass is 10.1. The molecule has 0 spiro atoms. The molecule has 148 valence electrons. The van der Waals surface area contributed by atoms with E-state index in [1.54, 1.807) is 11.3 Å². The lowest BCUT2D eigenvalue weighted by Gasteiger charge is -2.12. The van der Waals surface area contributed by atoms with Crippen LogP contribution in [-0.2, 0) is 11.2 Å². The molecular formula is C21H24N2O3S2. The average Bonchev–Trinajstić information content (AvgIpc) is 3.12. The van der Waals surface area contributed by atoms with Crippen molar-refractivity contribution in [3.8, 4) is 11.5 Å². The van der Waals surface area contributed by atoms with E-state index >= 15 is 0 Å². The zero-order valence-electron chi connectivity index (χ0n) is 16.1. The van der Waals surface area contributed by atoms with Crippen LogP contribution in [0.3, 0.4) is 0 Å². The molecule has 2 aromatic carbocycles. The number of fused-ring (bicyclic) bond motifs is 1. The number of carbonyl (C=O) groups excluding carboxylic acids is 1. The number of nitrogens with one attached hydrogen (secondary N) is 1. The van der Waals surface area contributed by atoms with Gasteiger partial charge in [0.2, 0.25) is 5.91 Å². The zero-order chi connectivity index (χ0) is 19.8. The number of hydrogen-bond acceptors (Lipinski definition) is 6. The van der Waals surface area contributed by atoms with Crippen LogP contribution in [0.5, 0.6) is 11.5 Å². The molecule has 0 aliphatic rings. The van der Waals surface area contributed by atoms with Gasteiger partial charge in [0.15, 0.2) is 15.8 Å². The molecule has 7 heteroatoms. The number of benzene rings is 2. The minimum atomic E-state index is 0.0141. The molecule has 1 amide bonds. The Morgan fingerprint density at radius 2 is 1.89 bits per heavy atom. The van der Waals surface area contributed by atoms with E-state index in [4.69, 9.17) is 9.47 Å². The van der Waals surface area contributed by atoms with Crippen molar-refractivity contribution in [3.63, 3.8) is 0 Å². The maximum Gasteiger partial charge on any atom is 0.230 e. The Hall–Kier alpha value is -2.25. The Morgan fingerprint density at radius 1 is 1.11 bits per heavy atom. The van der Waals surface area contributed by atoms with Gasteiger partial charge in [-0.2, -0.15) is 0 Å². The second kappa shape index (κ2) is 10.3. The summed E-state index contributed by atoms with van der Waals surface area (Å²) >= 11 is 3.09. The Labute approximate surface area is 173 Å². The Bertz CT molecular complexity index is 894. The number of para-hydroxylation sites is 1. The number of ether oxygens (including phenoxy) is 2. The van der Waals surface area contributed by atoms with Crippen LogP contribution in [0, 0.1) is 0 Å². The van der Waals surface area contributed by atoms with E-state index in [1.807, 2.05) is 56.3 Å². The largest absolute Gasteiger partial charge is 0.490 e. The molecule has 3 aromatic rings. The summed E-state index contributed by atoms with van der Waals surface area (Å²) in [5.41, 5.74) is 2.09. The SMILES string of the molecule is CCOc1ccc(CCNC(=O)CSc2nc3ccccc3s2)cc1OCC. The molecule has 0 saturated carbocycles. The van der Waals surface area contributed by atoms with E-state index in [1.165, 1.54) is 11.8 Å². The number of amides is 1. The minimum absolute atomic E-state index is 0.0141. The van der Waals surface area contributed by atoms with Crippen molar-refractivity contribution in [2.24, 2.45) is 0 Å². The molecule has 0 fully saturated rings. The van der Waals surface area contributed by atoms with Gasteiger partial charge in [-0.15, -0.1) is 11.3 Å². The second-order valence-corrected chi connectivity index (χ2v) is 8.24. The number of hydrogen-bond donors (Lipinski definition) is 1. The van der Waals surface area contributed by atoms with Crippen LogP contribution in [0.1, 0.15) is 19.4 Å². The lowest BCUT2D eigenvalue weighted by molar-refractivity contribution is -0.118. The van der Waals surface area contributed by atoms with Gasteiger partial charge in [-0.05, 0) is 50.1 Å². The highest BCUT2D eigenvalue weighted by Gasteiger charge is 2.09. The van der Waals surface area contributed by atoms with Crippen molar-refractivity contribution in [2.45, 2.75) is 24.6 Å². The molecule has 28 heavy (non-hydrogen) atoms. The number of nitrogens with zero attached hydrogens (tertiary/aromatic N) is 1. The van der Waals surface area contributed by atoms with Gasteiger partial charge in [-0.3, -0.25) is 4.79 Å². The van der Waals surface area contributed by atoms with Gasteiger partial charge >= 0.3 is 0 Å². The van der Waals surface area contributed by atoms with Gasteiger partial charge in [0.25, 0.3) is 0 Å². The summed E-state index contributed by atoms with van der Waals surface area (Å²) in [7, 11) is 0. The fourth-order valence-electron chi connectivity index (χ4n) is 2.69. The van der Waals surface area contributed by atoms with Gasteiger partial charge in [0, 0.05) is 6.54 Å². The average molecular weight is 417 g/mol. The quantitative estimate of drug-likeness (QED) is 0.492. The number of aromatic nitrogens is 1. The molecule has 0 unspecified atom stereocenters. The first-order valence-corrected chi connectivity index (χ1v) is 11.1. The van der Waals surface area contributed by atoms with E-state index < -0.39 is 0 Å². The lowest BCUT2D eigenvalue weighted by Crippen LogP contribution is -2.27. The van der Waals surface area contributed by atoms with Gasteiger partial charge in [0.1, 0.15) is 0 Å². The fraction of sp³-hybridized carbons (Fsp3) is 0.333. The van der Waals surface area contributed by atoms with Gasteiger partial charge in [0.05, 0.1) is 29.2 Å². The van der Waals surface area contributed by atoms with Crippen molar-refractivity contribution >= 4 is 39.2 Å². The summed E-state index contributed by atoms with van der Waals surface area (Å²) < 4.78 is 13.3. The summed E-state index contributed by atoms with van der Waals surface area (Å²) in [6, 6.07) is 13.9. The third-order valence-electron chi connectivity index (χ3n) is 3.94. The van der Waals surface area contributed by atoms with E-state index in [-0.39, 0.29) is 5.91 Å². The highest BCUT2D eigenvalue weighted by atomic mass is 32.2. The van der Waals surface area contributed by atoms with Crippen LogP contribution < -0.4 is 14.8 Å². The summed E-state index contributed by atoms with van der Waals surface area (Å²) in [5.74, 6) is 1.89. The monoisotopic (exact) mass is 416 g/mol. The van der Waals surface area contributed by atoms with Crippen LogP contribution in [-0.4, -0.2) is 36.4 Å². The summed E-state index contributed by atoms with van der Waals surface area (Å²) in [6.07, 6.45) is 0.740. The van der Waals surface area contributed by atoms with Crippen molar-refractivity contribution in [1.82, 2.24) is 10.3 Å². The molecule has 3 rings (SSSR count). The summed E-state index contributed by atoms with van der Waals surface area (Å²) in [6.45, 7) is 5.67. The molecule has 5 nitrogen and oxygen atoms in total. The first kappa shape index (κ1) is 20.5. The van der Waals surface area contributed by atoms with Crippen LogP contribution >= 0.6 is 23.1 Å². The molecule has 0 aliphatic heterocycles. The normalized spacial score (nSPS) is 10.8. The smallest absolute Gasteiger partial charge is 0.230 e. The van der Waals surface area contributed by atoms with E-state index in [9.17, 15) is 4.79 Å². The topological polar surface area (TPSA) is 60.5 Å². The molecule has 0 saturated heterocycles. The van der Waals surface area contributed by atoms with Crippen LogP contribution in [0.15, 0.2) is 46.8 Å². The maximum atomic E-state index is 12.1. The highest BCUT2D eigenvalue weighted by molar-refractivity contribution is 8.01. The van der Waals surface area contributed by atoms with E-state index in [0.717, 1.165) is 38.0 Å². The van der Waals surface area contributed by atoms with E-state index in [0.29, 0.717) is 25.5 Å². The van der Waals surface area contributed by atoms with E-state index in [2.05, 4.69) is 10.3 Å². The van der Waals surface area contributed by atoms with Crippen LogP contribution in [0.25, 0.3) is 10.2 Å². The maximum absolute atomic E-state index is 12.1. The van der Waals surface area contributed by atoms with Crippen LogP contribution in [0.2, 0.25) is 0 Å². The summed E-state index contributed by atoms with van der Waals surface area (Å²) in [5, 5.41) is 2.97. The van der Waals surface area contributed by atoms with Crippen molar-refractivity contribution in [1.29, 1.82) is 0 Å². The Morgan fingerprint density at radius 3 is 2.68 bits per heavy atom. The van der Waals surface area contributed by atoms with Crippen molar-refractivity contribution in [2.75, 3.05) is 25.5 Å². The molecule has 0 bridgehead atoms. The van der Waals surface area contributed by atoms with Gasteiger partial charge in [-0.25, -0.2) is 4.98 Å². The molecule has 0 aliphatic carbocycles. The number of rotatable bonds is 10. The first-order valence-electron chi connectivity index (χ1n) is 9.33. The molecule has 0 atom stereocenters. The predicted octanol–water partition coefficient (Wildman–Crippen LogP) is 4.54. The number of thioether (sulfide) groups is 1. The highest BCUT2D eigenvalue weighted by Crippen LogP contribution is 2.29. The third-order valence-corrected chi connectivity index (χ3v) is 6.12. The molecule has 1 heterocycles. The Kier molecular flexibility index (Phi) is 7.56. The first-order chi connectivity index (χ1) is 13.7. The number of carbonyl (C=O) groups is 1. The molecule has 0 radical (unpaired) electrons. The predicted molar refractivity (Wildman–Crippen MR) is 116 cm³/mol.